The second-order valence-electron chi connectivity index (χ2n) is 4.24. The zero-order valence-electron chi connectivity index (χ0n) is 11.7. The van der Waals surface area contributed by atoms with Gasteiger partial charge in [-0.2, -0.15) is 0 Å². The van der Waals surface area contributed by atoms with E-state index < -0.39 is 11.8 Å². The number of hydrogen-bond donors (Lipinski definition) is 0. The van der Waals surface area contributed by atoms with Crippen LogP contribution in [0.5, 0.6) is 0 Å². The molecular formula is C15H18FNO3. The molecule has 0 aromatic heterocycles. The van der Waals surface area contributed by atoms with Gasteiger partial charge in [-0.15, -0.1) is 6.58 Å². The standard InChI is InChI=1S/C15H18FNO3/c1-4-8-17(10-14(18)20-5-2)15(19)13-7-6-12(16)9-11(13)3/h4,6-7,9H,1,5,8,10H2,2-3H3. The lowest BCUT2D eigenvalue weighted by Crippen LogP contribution is -2.37. The Bertz CT molecular complexity index is 514. The van der Waals surface area contributed by atoms with Crippen LogP contribution in [0.3, 0.4) is 0 Å². The topological polar surface area (TPSA) is 46.6 Å². The van der Waals surface area contributed by atoms with Crippen LogP contribution in [0.15, 0.2) is 30.9 Å². The van der Waals surface area contributed by atoms with Gasteiger partial charge in [0.1, 0.15) is 12.4 Å². The number of carbonyl (C=O) groups is 2. The molecule has 108 valence electrons. The third kappa shape index (κ3) is 4.19. The van der Waals surface area contributed by atoms with Crippen molar-refractivity contribution in [2.45, 2.75) is 13.8 Å². The summed E-state index contributed by atoms with van der Waals surface area (Å²) < 4.78 is 17.9. The molecule has 5 heteroatoms. The summed E-state index contributed by atoms with van der Waals surface area (Å²) in [5.41, 5.74) is 0.880. The average molecular weight is 279 g/mol. The van der Waals surface area contributed by atoms with Crippen LogP contribution in [0, 0.1) is 12.7 Å². The SMILES string of the molecule is C=CCN(CC(=O)OCC)C(=O)c1ccc(F)cc1C. The molecule has 0 aliphatic rings. The van der Waals surface area contributed by atoms with Crippen LogP contribution >= 0.6 is 0 Å². The van der Waals surface area contributed by atoms with Gasteiger partial charge in [0.2, 0.25) is 0 Å². The zero-order chi connectivity index (χ0) is 15.1. The number of nitrogens with zero attached hydrogens (tertiary/aromatic N) is 1. The van der Waals surface area contributed by atoms with Gasteiger partial charge in [-0.1, -0.05) is 6.08 Å². The summed E-state index contributed by atoms with van der Waals surface area (Å²) in [5.74, 6) is -1.24. The van der Waals surface area contributed by atoms with Gasteiger partial charge in [0.05, 0.1) is 6.61 Å². The number of rotatable bonds is 6. The fourth-order valence-electron chi connectivity index (χ4n) is 1.77. The summed E-state index contributed by atoms with van der Waals surface area (Å²) >= 11 is 0. The smallest absolute Gasteiger partial charge is 0.325 e. The molecule has 0 heterocycles. The molecule has 0 bridgehead atoms. The summed E-state index contributed by atoms with van der Waals surface area (Å²) in [6, 6.07) is 3.91. The van der Waals surface area contributed by atoms with Gasteiger partial charge in [0.25, 0.3) is 5.91 Å². The molecule has 0 N–H and O–H groups in total. The highest BCUT2D eigenvalue weighted by Gasteiger charge is 2.20. The lowest BCUT2D eigenvalue weighted by Gasteiger charge is -2.21. The van der Waals surface area contributed by atoms with E-state index >= 15 is 0 Å². The van der Waals surface area contributed by atoms with Crippen molar-refractivity contribution >= 4 is 11.9 Å². The lowest BCUT2D eigenvalue weighted by molar-refractivity contribution is -0.143. The van der Waals surface area contributed by atoms with Crippen molar-refractivity contribution < 1.29 is 18.7 Å². The third-order valence-corrected chi connectivity index (χ3v) is 2.68. The first kappa shape index (κ1) is 15.9. The molecule has 0 saturated heterocycles. The second kappa shape index (κ2) is 7.43. The lowest BCUT2D eigenvalue weighted by atomic mass is 10.1. The highest BCUT2D eigenvalue weighted by atomic mass is 19.1. The minimum Gasteiger partial charge on any atom is -0.465 e. The molecule has 0 aliphatic carbocycles. The van der Waals surface area contributed by atoms with E-state index in [0.29, 0.717) is 11.1 Å². The molecule has 1 amide bonds. The number of ether oxygens (including phenoxy) is 1. The predicted molar refractivity (Wildman–Crippen MR) is 73.9 cm³/mol. The average Bonchev–Trinajstić information content (AvgIpc) is 2.38. The number of benzene rings is 1. The van der Waals surface area contributed by atoms with Crippen LogP contribution in [0.25, 0.3) is 0 Å². The highest BCUT2D eigenvalue weighted by molar-refractivity contribution is 5.97. The van der Waals surface area contributed by atoms with Crippen molar-refractivity contribution in [1.82, 2.24) is 4.90 Å². The Morgan fingerprint density at radius 3 is 2.70 bits per heavy atom. The Balaban J connectivity index is 2.93. The first-order valence-corrected chi connectivity index (χ1v) is 6.31. The minimum atomic E-state index is -0.484. The Hall–Kier alpha value is -2.17. The Labute approximate surface area is 117 Å². The number of amides is 1. The molecule has 0 atom stereocenters. The summed E-state index contributed by atoms with van der Waals surface area (Å²) in [7, 11) is 0. The summed E-state index contributed by atoms with van der Waals surface area (Å²) in [6.07, 6.45) is 1.52. The number of halogens is 1. The molecule has 0 unspecified atom stereocenters. The van der Waals surface area contributed by atoms with Gasteiger partial charge >= 0.3 is 5.97 Å². The van der Waals surface area contributed by atoms with Crippen molar-refractivity contribution in [2.75, 3.05) is 19.7 Å². The summed E-state index contributed by atoms with van der Waals surface area (Å²) in [5, 5.41) is 0. The highest BCUT2D eigenvalue weighted by Crippen LogP contribution is 2.13. The molecule has 0 saturated carbocycles. The number of carbonyl (C=O) groups excluding carboxylic acids is 2. The molecule has 1 aromatic rings. The maximum Gasteiger partial charge on any atom is 0.325 e. The van der Waals surface area contributed by atoms with Crippen LogP contribution in [0.2, 0.25) is 0 Å². The number of esters is 1. The largest absolute Gasteiger partial charge is 0.465 e. The van der Waals surface area contributed by atoms with E-state index in [1.807, 2.05) is 0 Å². The maximum absolute atomic E-state index is 13.1. The quantitative estimate of drug-likeness (QED) is 0.593. The zero-order valence-corrected chi connectivity index (χ0v) is 11.7. The van der Waals surface area contributed by atoms with Crippen LogP contribution in [-0.4, -0.2) is 36.5 Å². The van der Waals surface area contributed by atoms with Crippen molar-refractivity contribution in [3.8, 4) is 0 Å². The van der Waals surface area contributed by atoms with E-state index in [-0.39, 0.29) is 25.6 Å². The molecule has 0 fully saturated rings. The molecule has 4 nitrogen and oxygen atoms in total. The van der Waals surface area contributed by atoms with E-state index in [4.69, 9.17) is 4.74 Å². The number of hydrogen-bond acceptors (Lipinski definition) is 3. The Kier molecular flexibility index (Phi) is 5.90. The molecule has 1 aromatic carbocycles. The fourth-order valence-corrected chi connectivity index (χ4v) is 1.77. The predicted octanol–water partition coefficient (Wildman–Crippen LogP) is 2.33. The molecule has 0 spiro atoms. The molecular weight excluding hydrogens is 261 g/mol. The van der Waals surface area contributed by atoms with Gasteiger partial charge in [-0.05, 0) is 37.6 Å². The molecule has 20 heavy (non-hydrogen) atoms. The van der Waals surface area contributed by atoms with Gasteiger partial charge in [0, 0.05) is 12.1 Å². The van der Waals surface area contributed by atoms with Crippen LogP contribution in [0.1, 0.15) is 22.8 Å². The molecule has 0 aliphatic heterocycles. The first-order chi connectivity index (χ1) is 9.49. The second-order valence-corrected chi connectivity index (χ2v) is 4.24. The van der Waals surface area contributed by atoms with Crippen molar-refractivity contribution in [1.29, 1.82) is 0 Å². The monoisotopic (exact) mass is 279 g/mol. The third-order valence-electron chi connectivity index (χ3n) is 2.68. The number of aryl methyl sites for hydroxylation is 1. The van der Waals surface area contributed by atoms with Crippen LogP contribution in [-0.2, 0) is 9.53 Å². The van der Waals surface area contributed by atoms with Crippen molar-refractivity contribution in [3.05, 3.63) is 47.8 Å². The Morgan fingerprint density at radius 1 is 1.45 bits per heavy atom. The van der Waals surface area contributed by atoms with Crippen LogP contribution in [0.4, 0.5) is 4.39 Å². The summed E-state index contributed by atoms with van der Waals surface area (Å²) in [6.45, 7) is 7.22. The van der Waals surface area contributed by atoms with Gasteiger partial charge in [-0.3, -0.25) is 9.59 Å². The summed E-state index contributed by atoms with van der Waals surface area (Å²) in [4.78, 5) is 25.2. The molecule has 0 radical (unpaired) electrons. The van der Waals surface area contributed by atoms with Gasteiger partial charge in [-0.25, -0.2) is 4.39 Å². The van der Waals surface area contributed by atoms with E-state index in [1.54, 1.807) is 13.8 Å². The van der Waals surface area contributed by atoms with E-state index in [0.717, 1.165) is 0 Å². The fraction of sp³-hybridized carbons (Fsp3) is 0.333. The van der Waals surface area contributed by atoms with E-state index in [2.05, 4.69) is 6.58 Å². The molecule has 1 rings (SSSR count). The van der Waals surface area contributed by atoms with E-state index in [9.17, 15) is 14.0 Å². The van der Waals surface area contributed by atoms with Crippen molar-refractivity contribution in [2.24, 2.45) is 0 Å². The maximum atomic E-state index is 13.1. The van der Waals surface area contributed by atoms with E-state index in [1.165, 1.54) is 29.2 Å². The Morgan fingerprint density at radius 2 is 2.15 bits per heavy atom. The van der Waals surface area contributed by atoms with Crippen molar-refractivity contribution in [3.63, 3.8) is 0 Å². The van der Waals surface area contributed by atoms with Gasteiger partial charge in [0.15, 0.2) is 0 Å². The van der Waals surface area contributed by atoms with Crippen LogP contribution < -0.4 is 0 Å². The van der Waals surface area contributed by atoms with Gasteiger partial charge < -0.3 is 9.64 Å². The first-order valence-electron chi connectivity index (χ1n) is 6.31. The minimum absolute atomic E-state index is 0.157. The normalized spacial score (nSPS) is 9.95.